The molecule has 2 aromatic carbocycles. The van der Waals surface area contributed by atoms with Crippen molar-refractivity contribution in [1.82, 2.24) is 0 Å². The van der Waals surface area contributed by atoms with Gasteiger partial charge in [0.2, 0.25) is 23.8 Å². The average molecular weight is 580 g/mol. The number of benzene rings is 2. The molecule has 5 rings (SSSR count). The van der Waals surface area contributed by atoms with Gasteiger partial charge in [-0.3, -0.25) is 4.79 Å². The number of ether oxygens (including phenoxy) is 4. The first-order valence-electron chi connectivity index (χ1n) is 12.4. The molecule has 2 fully saturated rings. The smallest absolute Gasteiger partial charge is 0.239 e. The number of fused-ring (bicyclic) bond motifs is 1. The Balaban J connectivity index is 1.58. The zero-order chi connectivity index (χ0) is 29.6. The summed E-state index contributed by atoms with van der Waals surface area (Å²) in [5.74, 6) is -1.76. The predicted molar refractivity (Wildman–Crippen MR) is 134 cm³/mol. The largest absolute Gasteiger partial charge is 0.508 e. The maximum atomic E-state index is 13.7. The Bertz CT molecular complexity index is 1440. The van der Waals surface area contributed by atoms with Crippen LogP contribution < -0.4 is 14.9 Å². The quantitative estimate of drug-likeness (QED) is 0.151. The van der Waals surface area contributed by atoms with Crippen LogP contribution >= 0.6 is 0 Å². The lowest BCUT2D eigenvalue weighted by atomic mass is 9.99. The summed E-state index contributed by atoms with van der Waals surface area (Å²) in [6, 6.07) is 7.51. The van der Waals surface area contributed by atoms with E-state index in [1.807, 2.05) is 0 Å². The maximum absolute atomic E-state index is 13.7. The number of phenolic OH excluding ortho intramolecular Hbond substituents is 2. The minimum absolute atomic E-state index is 0.111. The fraction of sp³-hybridized carbons (Fsp3) is 0.423. The monoisotopic (exact) mass is 580 g/mol. The SMILES string of the molecule is O=c1c(O[C@H]2OC(CO)[C@@H](O)C(O)C2O)c(-c2ccc(O)cc2)oc2cc(O[C@@H]3OC[C@H](O)[C@H](O)C3O)cc(O)c12. The van der Waals surface area contributed by atoms with Gasteiger partial charge in [0.05, 0.1) is 13.2 Å². The van der Waals surface area contributed by atoms with Crippen molar-refractivity contribution in [2.24, 2.45) is 0 Å². The van der Waals surface area contributed by atoms with Gasteiger partial charge in [-0.25, -0.2) is 0 Å². The Morgan fingerprint density at radius 3 is 2.20 bits per heavy atom. The molecule has 222 valence electrons. The van der Waals surface area contributed by atoms with Crippen molar-refractivity contribution < 1.29 is 69.3 Å². The molecule has 15 heteroatoms. The van der Waals surface area contributed by atoms with Gasteiger partial charge in [0.25, 0.3) is 0 Å². The first-order chi connectivity index (χ1) is 19.5. The lowest BCUT2D eigenvalue weighted by molar-refractivity contribution is -0.277. The molecule has 2 aliphatic heterocycles. The molecule has 0 saturated carbocycles. The molecule has 1 aromatic heterocycles. The van der Waals surface area contributed by atoms with E-state index in [1.165, 1.54) is 30.3 Å². The van der Waals surface area contributed by atoms with Gasteiger partial charge in [0, 0.05) is 17.7 Å². The molecule has 2 saturated heterocycles. The van der Waals surface area contributed by atoms with Crippen molar-refractivity contribution in [3.63, 3.8) is 0 Å². The van der Waals surface area contributed by atoms with E-state index in [4.69, 9.17) is 23.4 Å². The van der Waals surface area contributed by atoms with Gasteiger partial charge < -0.3 is 69.3 Å². The van der Waals surface area contributed by atoms with Crippen molar-refractivity contribution in [1.29, 1.82) is 0 Å². The second kappa shape index (κ2) is 11.4. The molecule has 9 atom stereocenters. The first kappa shape index (κ1) is 29.0. The summed E-state index contributed by atoms with van der Waals surface area (Å²) in [4.78, 5) is 13.7. The summed E-state index contributed by atoms with van der Waals surface area (Å²) in [6.45, 7) is -1.10. The number of aliphatic hydroxyl groups excluding tert-OH is 7. The fourth-order valence-corrected chi connectivity index (χ4v) is 4.53. The van der Waals surface area contributed by atoms with Gasteiger partial charge in [0.1, 0.15) is 70.9 Å². The van der Waals surface area contributed by atoms with E-state index >= 15 is 0 Å². The highest BCUT2D eigenvalue weighted by Gasteiger charge is 2.45. The molecule has 0 aliphatic carbocycles. The summed E-state index contributed by atoms with van der Waals surface area (Å²) in [5.41, 5.74) is -1.00. The molecule has 0 spiro atoms. The molecular weight excluding hydrogens is 552 g/mol. The Morgan fingerprint density at radius 1 is 0.829 bits per heavy atom. The summed E-state index contributed by atoms with van der Waals surface area (Å²) in [5, 5.41) is 90.0. The van der Waals surface area contributed by atoms with Crippen LogP contribution in [0.5, 0.6) is 23.0 Å². The van der Waals surface area contributed by atoms with E-state index in [9.17, 15) is 50.8 Å². The van der Waals surface area contributed by atoms with E-state index < -0.39 is 84.2 Å². The zero-order valence-corrected chi connectivity index (χ0v) is 21.0. The zero-order valence-electron chi connectivity index (χ0n) is 21.0. The third-order valence-electron chi connectivity index (χ3n) is 6.82. The van der Waals surface area contributed by atoms with E-state index in [0.717, 1.165) is 6.07 Å². The van der Waals surface area contributed by atoms with Crippen molar-refractivity contribution in [2.75, 3.05) is 13.2 Å². The van der Waals surface area contributed by atoms with E-state index in [2.05, 4.69) is 0 Å². The summed E-state index contributed by atoms with van der Waals surface area (Å²) >= 11 is 0. The topological polar surface area (TPSA) is 249 Å². The van der Waals surface area contributed by atoms with Gasteiger partial charge in [-0.2, -0.15) is 0 Å². The summed E-state index contributed by atoms with van der Waals surface area (Å²) in [7, 11) is 0. The molecular formula is C26H28O15. The third kappa shape index (κ3) is 5.42. The molecule has 3 aromatic rings. The second-order valence-corrected chi connectivity index (χ2v) is 9.64. The van der Waals surface area contributed by atoms with Gasteiger partial charge in [-0.05, 0) is 24.3 Å². The number of aliphatic hydroxyl groups is 7. The van der Waals surface area contributed by atoms with Gasteiger partial charge in [0.15, 0.2) is 5.76 Å². The minimum atomic E-state index is -1.87. The van der Waals surface area contributed by atoms with Gasteiger partial charge >= 0.3 is 0 Å². The molecule has 9 N–H and O–H groups in total. The van der Waals surface area contributed by atoms with E-state index in [0.29, 0.717) is 0 Å². The van der Waals surface area contributed by atoms with Crippen LogP contribution in [-0.4, -0.2) is 114 Å². The number of phenols is 2. The summed E-state index contributed by atoms with van der Waals surface area (Å²) in [6.07, 6.45) is -14.5. The Morgan fingerprint density at radius 2 is 1.51 bits per heavy atom. The fourth-order valence-electron chi connectivity index (χ4n) is 4.53. The first-order valence-corrected chi connectivity index (χ1v) is 12.4. The number of rotatable bonds is 6. The Labute approximate surface area is 230 Å². The molecule has 15 nitrogen and oxygen atoms in total. The van der Waals surface area contributed by atoms with Crippen molar-refractivity contribution in [3.8, 4) is 34.3 Å². The van der Waals surface area contributed by atoms with Crippen LogP contribution in [0.1, 0.15) is 0 Å². The number of hydrogen-bond acceptors (Lipinski definition) is 15. The van der Waals surface area contributed by atoms with Gasteiger partial charge in [-0.1, -0.05) is 0 Å². The molecule has 2 aliphatic rings. The van der Waals surface area contributed by atoms with Crippen LogP contribution in [0.2, 0.25) is 0 Å². The Kier molecular flexibility index (Phi) is 8.06. The van der Waals surface area contributed by atoms with Crippen molar-refractivity contribution in [3.05, 3.63) is 46.6 Å². The highest BCUT2D eigenvalue weighted by atomic mass is 16.7. The van der Waals surface area contributed by atoms with Crippen LogP contribution in [-0.2, 0) is 9.47 Å². The Hall–Kier alpha value is -3.51. The lowest BCUT2D eigenvalue weighted by Crippen LogP contribution is -2.60. The van der Waals surface area contributed by atoms with Crippen LogP contribution in [0.4, 0.5) is 0 Å². The molecule has 4 unspecified atom stereocenters. The second-order valence-electron chi connectivity index (χ2n) is 9.64. The standard InChI is InChI=1S/C26H28O15/c27-7-15-18(32)20(34)22(36)26(40-15)41-24-19(33)16-12(29)5-11(38-25-21(35)17(31)13(30)8-37-25)6-14(16)39-23(24)9-1-3-10(28)4-2-9/h1-6,13,15,17-18,20-22,25-32,34-36H,7-8H2/t13-,15?,17-,18+,20?,21?,22?,25-,26+/m0/s1. The van der Waals surface area contributed by atoms with Crippen molar-refractivity contribution in [2.45, 2.75) is 55.3 Å². The molecule has 0 bridgehead atoms. The number of hydrogen-bond donors (Lipinski definition) is 9. The minimum Gasteiger partial charge on any atom is -0.508 e. The lowest BCUT2D eigenvalue weighted by Gasteiger charge is -2.39. The van der Waals surface area contributed by atoms with Crippen LogP contribution in [0, 0.1) is 0 Å². The van der Waals surface area contributed by atoms with Crippen LogP contribution in [0.15, 0.2) is 45.6 Å². The normalized spacial score (nSPS) is 32.1. The van der Waals surface area contributed by atoms with Crippen molar-refractivity contribution >= 4 is 11.0 Å². The maximum Gasteiger partial charge on any atom is 0.239 e. The number of aromatic hydroxyl groups is 2. The third-order valence-corrected chi connectivity index (χ3v) is 6.82. The summed E-state index contributed by atoms with van der Waals surface area (Å²) < 4.78 is 27.7. The molecule has 0 amide bonds. The van der Waals surface area contributed by atoms with Crippen LogP contribution in [0.25, 0.3) is 22.3 Å². The molecule has 3 heterocycles. The van der Waals surface area contributed by atoms with Gasteiger partial charge in [-0.15, -0.1) is 0 Å². The van der Waals surface area contributed by atoms with E-state index in [-0.39, 0.29) is 35.0 Å². The highest BCUT2D eigenvalue weighted by Crippen LogP contribution is 2.38. The van der Waals surface area contributed by atoms with Crippen LogP contribution in [0.3, 0.4) is 0 Å². The molecule has 41 heavy (non-hydrogen) atoms. The molecule has 0 radical (unpaired) electrons. The predicted octanol–water partition coefficient (Wildman–Crippen LogP) is -2.13. The van der Waals surface area contributed by atoms with E-state index in [1.54, 1.807) is 0 Å². The highest BCUT2D eigenvalue weighted by molar-refractivity contribution is 5.88. The average Bonchev–Trinajstić information content (AvgIpc) is 2.95.